The monoisotopic (exact) mass is 315 g/mol. The number of nitrogens with one attached hydrogen (secondary N) is 2. The molecule has 0 aliphatic carbocycles. The first-order valence-corrected chi connectivity index (χ1v) is 7.59. The van der Waals surface area contributed by atoms with Gasteiger partial charge in [0.05, 0.1) is 23.9 Å². The molecule has 0 aliphatic heterocycles. The molecule has 0 radical (unpaired) electrons. The molecule has 114 valence electrons. The summed E-state index contributed by atoms with van der Waals surface area (Å²) in [5.41, 5.74) is 2.30. The number of anilines is 1. The van der Waals surface area contributed by atoms with Crippen molar-refractivity contribution < 1.29 is 4.79 Å². The summed E-state index contributed by atoms with van der Waals surface area (Å²) in [6, 6.07) is 8.96. The highest BCUT2D eigenvalue weighted by Gasteiger charge is 2.06. The molecular weight excluding hydrogens is 298 g/mol. The zero-order valence-electron chi connectivity index (χ0n) is 12.5. The zero-order valence-corrected chi connectivity index (χ0v) is 13.3. The number of hydrogen-bond donors (Lipinski definition) is 2. The van der Waals surface area contributed by atoms with Crippen LogP contribution in [0, 0.1) is 11.3 Å². The first-order chi connectivity index (χ1) is 10.6. The molecule has 1 aromatic heterocycles. The highest BCUT2D eigenvalue weighted by Crippen LogP contribution is 2.17. The van der Waals surface area contributed by atoms with Gasteiger partial charge in [-0.25, -0.2) is 9.78 Å². The van der Waals surface area contributed by atoms with Gasteiger partial charge in [0, 0.05) is 26.0 Å². The minimum atomic E-state index is -0.262. The van der Waals surface area contributed by atoms with Gasteiger partial charge in [-0.2, -0.15) is 5.26 Å². The molecule has 0 bridgehead atoms. The van der Waals surface area contributed by atoms with E-state index in [9.17, 15) is 4.79 Å². The molecular formula is C15H17N5OS. The van der Waals surface area contributed by atoms with Crippen LogP contribution in [-0.2, 0) is 13.1 Å². The largest absolute Gasteiger partial charge is 0.354 e. The third kappa shape index (κ3) is 4.46. The molecule has 0 saturated heterocycles. The summed E-state index contributed by atoms with van der Waals surface area (Å²) in [5.74, 6) is 0. The van der Waals surface area contributed by atoms with Crippen LogP contribution in [0.25, 0.3) is 0 Å². The van der Waals surface area contributed by atoms with Gasteiger partial charge in [0.25, 0.3) is 0 Å². The van der Waals surface area contributed by atoms with Crippen LogP contribution in [0.2, 0.25) is 0 Å². The minimum Gasteiger partial charge on any atom is -0.354 e. The van der Waals surface area contributed by atoms with Crippen molar-refractivity contribution in [2.45, 2.75) is 13.1 Å². The number of urea groups is 1. The third-order valence-corrected chi connectivity index (χ3v) is 3.92. The number of thiazole rings is 1. The van der Waals surface area contributed by atoms with Gasteiger partial charge >= 0.3 is 6.03 Å². The van der Waals surface area contributed by atoms with Crippen LogP contribution in [0.4, 0.5) is 9.93 Å². The predicted octanol–water partition coefficient (Wildman–Crippen LogP) is 2.08. The molecule has 0 spiro atoms. The third-order valence-electron chi connectivity index (χ3n) is 2.86. The van der Waals surface area contributed by atoms with Gasteiger partial charge in [0.15, 0.2) is 5.13 Å². The van der Waals surface area contributed by atoms with Gasteiger partial charge in [-0.15, -0.1) is 11.3 Å². The lowest BCUT2D eigenvalue weighted by atomic mass is 10.1. The topological polar surface area (TPSA) is 81.1 Å². The van der Waals surface area contributed by atoms with E-state index in [0.717, 1.165) is 16.4 Å². The predicted molar refractivity (Wildman–Crippen MR) is 86.7 cm³/mol. The molecule has 0 fully saturated rings. The average molecular weight is 315 g/mol. The normalized spacial score (nSPS) is 9.86. The molecule has 0 unspecified atom stereocenters. The number of hydrogen-bond acceptors (Lipinski definition) is 5. The molecule has 1 aromatic carbocycles. The fraction of sp³-hybridized carbons (Fsp3) is 0.267. The molecule has 0 aliphatic rings. The first-order valence-electron chi connectivity index (χ1n) is 6.71. The molecule has 6 nitrogen and oxygen atoms in total. The minimum absolute atomic E-state index is 0.262. The van der Waals surface area contributed by atoms with Gasteiger partial charge < -0.3 is 15.5 Å². The van der Waals surface area contributed by atoms with Gasteiger partial charge in [-0.1, -0.05) is 12.1 Å². The summed E-state index contributed by atoms with van der Waals surface area (Å²) in [6.07, 6.45) is 0. The standard InChI is InChI=1S/C15H17N5OS/c1-20(2)15-19-13(10-22-15)9-18-14(21)17-8-12-5-3-4-11(6-12)7-16/h3-6,10H,8-9H2,1-2H3,(H2,17,18,21). The molecule has 7 heteroatoms. The van der Waals surface area contributed by atoms with Crippen LogP contribution in [0.15, 0.2) is 29.6 Å². The Labute approximate surface area is 133 Å². The fourth-order valence-electron chi connectivity index (χ4n) is 1.75. The Morgan fingerprint density at radius 1 is 1.36 bits per heavy atom. The number of carbonyl (C=O) groups is 1. The second kappa shape index (κ2) is 7.43. The molecule has 2 aromatic rings. The van der Waals surface area contributed by atoms with Gasteiger partial charge in [-0.05, 0) is 17.7 Å². The van der Waals surface area contributed by atoms with E-state index in [1.165, 1.54) is 11.3 Å². The van der Waals surface area contributed by atoms with Crippen molar-refractivity contribution >= 4 is 22.5 Å². The Kier molecular flexibility index (Phi) is 5.33. The van der Waals surface area contributed by atoms with Crippen molar-refractivity contribution in [3.05, 3.63) is 46.5 Å². The van der Waals surface area contributed by atoms with Crippen LogP contribution >= 0.6 is 11.3 Å². The molecule has 1 heterocycles. The highest BCUT2D eigenvalue weighted by atomic mass is 32.1. The summed E-state index contributed by atoms with van der Waals surface area (Å²) in [4.78, 5) is 18.1. The van der Waals surface area contributed by atoms with Crippen LogP contribution in [0.5, 0.6) is 0 Å². The summed E-state index contributed by atoms with van der Waals surface area (Å²) < 4.78 is 0. The van der Waals surface area contributed by atoms with Crippen molar-refractivity contribution in [3.63, 3.8) is 0 Å². The van der Waals surface area contributed by atoms with E-state index in [4.69, 9.17) is 5.26 Å². The number of nitrogens with zero attached hydrogens (tertiary/aromatic N) is 3. The van der Waals surface area contributed by atoms with Crippen molar-refractivity contribution in [1.29, 1.82) is 5.26 Å². The number of aromatic nitrogens is 1. The Balaban J connectivity index is 1.79. The maximum atomic E-state index is 11.8. The average Bonchev–Trinajstić information content (AvgIpc) is 3.00. The van der Waals surface area contributed by atoms with E-state index in [2.05, 4.69) is 21.7 Å². The maximum absolute atomic E-state index is 11.8. The van der Waals surface area contributed by atoms with Gasteiger partial charge in [0.2, 0.25) is 0 Å². The lowest BCUT2D eigenvalue weighted by Gasteiger charge is -2.07. The summed E-state index contributed by atoms with van der Waals surface area (Å²) in [7, 11) is 3.86. The van der Waals surface area contributed by atoms with Gasteiger partial charge in [0.1, 0.15) is 0 Å². The lowest BCUT2D eigenvalue weighted by molar-refractivity contribution is 0.240. The SMILES string of the molecule is CN(C)c1nc(CNC(=O)NCc2cccc(C#N)c2)cs1. The molecule has 2 amide bonds. The smallest absolute Gasteiger partial charge is 0.315 e. The Morgan fingerprint density at radius 2 is 2.14 bits per heavy atom. The van der Waals surface area contributed by atoms with Crippen LogP contribution in [0.3, 0.4) is 0 Å². The van der Waals surface area contributed by atoms with E-state index in [-0.39, 0.29) is 6.03 Å². The molecule has 22 heavy (non-hydrogen) atoms. The van der Waals surface area contributed by atoms with E-state index >= 15 is 0 Å². The van der Waals surface area contributed by atoms with E-state index in [1.54, 1.807) is 18.2 Å². The summed E-state index contributed by atoms with van der Waals surface area (Å²) >= 11 is 1.54. The van der Waals surface area contributed by atoms with Gasteiger partial charge in [-0.3, -0.25) is 0 Å². The number of nitriles is 1. The number of carbonyl (C=O) groups excluding carboxylic acids is 1. The molecule has 0 saturated carbocycles. The number of benzene rings is 1. The van der Waals surface area contributed by atoms with Crippen LogP contribution in [0.1, 0.15) is 16.8 Å². The van der Waals surface area contributed by atoms with E-state index in [1.807, 2.05) is 30.4 Å². The van der Waals surface area contributed by atoms with E-state index in [0.29, 0.717) is 18.7 Å². The maximum Gasteiger partial charge on any atom is 0.315 e. The zero-order chi connectivity index (χ0) is 15.9. The van der Waals surface area contributed by atoms with Crippen molar-refractivity contribution in [2.24, 2.45) is 0 Å². The van der Waals surface area contributed by atoms with Crippen LogP contribution < -0.4 is 15.5 Å². The fourth-order valence-corrected chi connectivity index (χ4v) is 2.51. The number of amides is 2. The Bertz CT molecular complexity index is 689. The quantitative estimate of drug-likeness (QED) is 0.885. The lowest BCUT2D eigenvalue weighted by Crippen LogP contribution is -2.34. The Morgan fingerprint density at radius 3 is 2.82 bits per heavy atom. The van der Waals surface area contributed by atoms with Crippen molar-refractivity contribution in [2.75, 3.05) is 19.0 Å². The second-order valence-electron chi connectivity index (χ2n) is 4.86. The highest BCUT2D eigenvalue weighted by molar-refractivity contribution is 7.13. The first kappa shape index (κ1) is 15.8. The summed E-state index contributed by atoms with van der Waals surface area (Å²) in [6.45, 7) is 0.760. The molecule has 2 N–H and O–H groups in total. The number of rotatable bonds is 5. The molecule has 0 atom stereocenters. The Hall–Kier alpha value is -2.59. The molecule has 2 rings (SSSR count). The van der Waals surface area contributed by atoms with Crippen molar-refractivity contribution in [1.82, 2.24) is 15.6 Å². The van der Waals surface area contributed by atoms with E-state index < -0.39 is 0 Å². The van der Waals surface area contributed by atoms with Crippen molar-refractivity contribution in [3.8, 4) is 6.07 Å². The van der Waals surface area contributed by atoms with Crippen LogP contribution in [-0.4, -0.2) is 25.1 Å². The summed E-state index contributed by atoms with van der Waals surface area (Å²) in [5, 5.41) is 17.2. The second-order valence-corrected chi connectivity index (χ2v) is 5.70.